The van der Waals surface area contributed by atoms with E-state index in [1.54, 1.807) is 11.3 Å². The molecule has 0 fully saturated rings. The van der Waals surface area contributed by atoms with Crippen molar-refractivity contribution in [2.24, 2.45) is 0 Å². The summed E-state index contributed by atoms with van der Waals surface area (Å²) in [5.74, 6) is 0.652. The first-order chi connectivity index (χ1) is 10.2. The Kier molecular flexibility index (Phi) is 4.62. The maximum atomic E-state index is 6.39. The van der Waals surface area contributed by atoms with Gasteiger partial charge in [0.15, 0.2) is 0 Å². The molecule has 6 heteroatoms. The topological polar surface area (TPSA) is 41.0 Å². The average Bonchev–Trinajstić information content (AvgIpc) is 3.03. The fourth-order valence-electron chi connectivity index (χ4n) is 2.90. The predicted octanol–water partition coefficient (Wildman–Crippen LogP) is 3.59. The van der Waals surface area contributed by atoms with E-state index in [0.717, 1.165) is 49.2 Å². The molecule has 1 aliphatic carbocycles. The number of likely N-dealkylation sites (N-methyl/N-ethyl adjacent to an activating group) is 1. The minimum Gasteiger partial charge on any atom is -0.353 e. The number of thiophene rings is 1. The van der Waals surface area contributed by atoms with Crippen molar-refractivity contribution in [1.82, 2.24) is 14.9 Å². The second kappa shape index (κ2) is 6.46. The zero-order chi connectivity index (χ0) is 14.8. The van der Waals surface area contributed by atoms with Crippen molar-refractivity contribution in [3.63, 3.8) is 0 Å². The Morgan fingerprint density at radius 1 is 1.24 bits per heavy atom. The molecule has 0 saturated carbocycles. The molecule has 0 saturated heterocycles. The van der Waals surface area contributed by atoms with E-state index in [1.165, 1.54) is 16.9 Å². The van der Waals surface area contributed by atoms with Crippen LogP contribution >= 0.6 is 22.9 Å². The predicted molar refractivity (Wildman–Crippen MR) is 90.7 cm³/mol. The fraction of sp³-hybridized carbons (Fsp3) is 0.600. The van der Waals surface area contributed by atoms with E-state index in [4.69, 9.17) is 11.6 Å². The van der Waals surface area contributed by atoms with E-state index >= 15 is 0 Å². The molecule has 114 valence electrons. The monoisotopic (exact) mass is 324 g/mol. The van der Waals surface area contributed by atoms with Gasteiger partial charge in [0.25, 0.3) is 0 Å². The molecular weight excluding hydrogens is 304 g/mol. The molecule has 1 aliphatic rings. The lowest BCUT2D eigenvalue weighted by Crippen LogP contribution is -2.28. The number of aromatic nitrogens is 2. The number of hydrogen-bond acceptors (Lipinski definition) is 5. The number of fused-ring (bicyclic) bond motifs is 3. The van der Waals surface area contributed by atoms with Crippen LogP contribution in [0.3, 0.4) is 0 Å². The Morgan fingerprint density at radius 2 is 2.05 bits per heavy atom. The molecule has 0 aromatic carbocycles. The van der Waals surface area contributed by atoms with Crippen molar-refractivity contribution in [1.29, 1.82) is 0 Å². The van der Waals surface area contributed by atoms with Crippen molar-refractivity contribution in [2.45, 2.75) is 33.1 Å². The Hall–Kier alpha value is -0.910. The maximum absolute atomic E-state index is 6.39. The molecule has 21 heavy (non-hydrogen) atoms. The Balaban J connectivity index is 1.75. The zero-order valence-corrected chi connectivity index (χ0v) is 14.2. The summed E-state index contributed by atoms with van der Waals surface area (Å²) in [6, 6.07) is 0. The third kappa shape index (κ3) is 3.00. The van der Waals surface area contributed by atoms with Crippen molar-refractivity contribution in [3.05, 3.63) is 15.6 Å². The molecule has 2 heterocycles. The third-order valence-corrected chi connectivity index (χ3v) is 5.59. The molecular formula is C15H21ClN4S. The van der Waals surface area contributed by atoms with Crippen LogP contribution in [0.2, 0.25) is 5.15 Å². The minimum absolute atomic E-state index is 0.602. The molecule has 4 nitrogen and oxygen atoms in total. The van der Waals surface area contributed by atoms with Crippen LogP contribution in [0.1, 0.15) is 30.7 Å². The largest absolute Gasteiger partial charge is 0.353 e. The summed E-state index contributed by atoms with van der Waals surface area (Å²) in [6.07, 6.45) is 3.52. The fourth-order valence-corrected chi connectivity index (χ4v) is 4.50. The van der Waals surface area contributed by atoms with Crippen LogP contribution in [0.4, 0.5) is 5.95 Å². The normalized spacial score (nSPS) is 14.1. The first-order valence-electron chi connectivity index (χ1n) is 7.67. The zero-order valence-electron chi connectivity index (χ0n) is 12.6. The van der Waals surface area contributed by atoms with E-state index in [0.29, 0.717) is 11.1 Å². The first-order valence-corrected chi connectivity index (χ1v) is 8.86. The van der Waals surface area contributed by atoms with E-state index in [2.05, 4.69) is 34.0 Å². The molecule has 0 amide bonds. The van der Waals surface area contributed by atoms with Crippen molar-refractivity contribution < 1.29 is 0 Å². The summed E-state index contributed by atoms with van der Waals surface area (Å²) < 4.78 is 0. The highest BCUT2D eigenvalue weighted by atomic mass is 35.5. The molecule has 0 radical (unpaired) electrons. The Labute approximate surface area is 134 Å². The van der Waals surface area contributed by atoms with Gasteiger partial charge < -0.3 is 10.2 Å². The van der Waals surface area contributed by atoms with Crippen molar-refractivity contribution in [3.8, 4) is 0 Å². The summed E-state index contributed by atoms with van der Waals surface area (Å²) in [5, 5.41) is 4.99. The molecule has 0 bridgehead atoms. The smallest absolute Gasteiger partial charge is 0.225 e. The second-order valence-corrected chi connectivity index (χ2v) is 6.77. The van der Waals surface area contributed by atoms with Crippen LogP contribution < -0.4 is 5.32 Å². The van der Waals surface area contributed by atoms with E-state index < -0.39 is 0 Å². The number of rotatable bonds is 6. The van der Waals surface area contributed by atoms with E-state index in [1.807, 2.05) is 0 Å². The number of nitrogens with zero attached hydrogens (tertiary/aromatic N) is 3. The van der Waals surface area contributed by atoms with Gasteiger partial charge in [0.1, 0.15) is 9.98 Å². The van der Waals surface area contributed by atoms with Crippen molar-refractivity contribution in [2.75, 3.05) is 31.5 Å². The molecule has 0 atom stereocenters. The number of nitrogens with one attached hydrogen (secondary N) is 1. The summed E-state index contributed by atoms with van der Waals surface area (Å²) >= 11 is 8.17. The lowest BCUT2D eigenvalue weighted by atomic mass is 10.2. The highest BCUT2D eigenvalue weighted by Crippen LogP contribution is 2.39. The number of halogens is 1. The van der Waals surface area contributed by atoms with Crippen molar-refractivity contribution >= 4 is 39.1 Å². The molecule has 0 aliphatic heterocycles. The summed E-state index contributed by atoms with van der Waals surface area (Å²) in [6.45, 7) is 8.32. The highest BCUT2D eigenvalue weighted by molar-refractivity contribution is 7.19. The summed E-state index contributed by atoms with van der Waals surface area (Å²) in [5.41, 5.74) is 1.38. The molecule has 3 rings (SSSR count). The average molecular weight is 325 g/mol. The molecule has 0 spiro atoms. The minimum atomic E-state index is 0.602. The van der Waals surface area contributed by atoms with Crippen LogP contribution in [-0.4, -0.2) is 41.0 Å². The van der Waals surface area contributed by atoms with Crippen LogP contribution in [0.5, 0.6) is 0 Å². The highest BCUT2D eigenvalue weighted by Gasteiger charge is 2.21. The standard InChI is InChI=1S/C15H21ClN4S/c1-3-20(4-2)9-8-17-15-18-13(16)12-10-6-5-7-11(10)21-14(12)19-15/h3-9H2,1-2H3,(H,17,18,19). The van der Waals surface area contributed by atoms with Gasteiger partial charge in [-0.15, -0.1) is 11.3 Å². The Bertz CT molecular complexity index is 636. The second-order valence-electron chi connectivity index (χ2n) is 5.33. The van der Waals surface area contributed by atoms with E-state index in [9.17, 15) is 0 Å². The van der Waals surface area contributed by atoms with Gasteiger partial charge in [-0.05, 0) is 37.9 Å². The maximum Gasteiger partial charge on any atom is 0.225 e. The molecule has 2 aromatic heterocycles. The van der Waals surface area contributed by atoms with Gasteiger partial charge in [0.2, 0.25) is 5.95 Å². The molecule has 2 aromatic rings. The number of aryl methyl sites for hydroxylation is 2. The van der Waals surface area contributed by atoms with Gasteiger partial charge in [-0.3, -0.25) is 0 Å². The van der Waals surface area contributed by atoms with Crippen LogP contribution in [-0.2, 0) is 12.8 Å². The van der Waals surface area contributed by atoms with Crippen LogP contribution in [0.25, 0.3) is 10.2 Å². The lowest BCUT2D eigenvalue weighted by molar-refractivity contribution is 0.316. The number of anilines is 1. The quantitative estimate of drug-likeness (QED) is 0.824. The molecule has 0 unspecified atom stereocenters. The van der Waals surface area contributed by atoms with Crippen LogP contribution in [0.15, 0.2) is 0 Å². The van der Waals surface area contributed by atoms with Gasteiger partial charge in [-0.2, -0.15) is 0 Å². The SMILES string of the molecule is CCN(CC)CCNc1nc(Cl)c2c3c(sc2n1)CCC3. The van der Waals surface area contributed by atoms with Crippen LogP contribution in [0, 0.1) is 0 Å². The van der Waals surface area contributed by atoms with Gasteiger partial charge in [-0.25, -0.2) is 9.97 Å². The lowest BCUT2D eigenvalue weighted by Gasteiger charge is -2.17. The summed E-state index contributed by atoms with van der Waals surface area (Å²) in [4.78, 5) is 13.9. The number of hydrogen-bond donors (Lipinski definition) is 1. The summed E-state index contributed by atoms with van der Waals surface area (Å²) in [7, 11) is 0. The van der Waals surface area contributed by atoms with Gasteiger partial charge in [0, 0.05) is 18.0 Å². The van der Waals surface area contributed by atoms with Gasteiger partial charge in [0.05, 0.1) is 5.39 Å². The van der Waals surface area contributed by atoms with E-state index in [-0.39, 0.29) is 0 Å². The third-order valence-electron chi connectivity index (χ3n) is 4.13. The van der Waals surface area contributed by atoms with Gasteiger partial charge in [-0.1, -0.05) is 25.4 Å². The first kappa shape index (κ1) is 15.0. The molecule has 1 N–H and O–H groups in total. The van der Waals surface area contributed by atoms with Gasteiger partial charge >= 0.3 is 0 Å². The Morgan fingerprint density at radius 3 is 2.81 bits per heavy atom.